The molecule has 69 heavy (non-hydrogen) atoms. The van der Waals surface area contributed by atoms with Gasteiger partial charge in [-0.1, -0.05) is 132 Å². The van der Waals surface area contributed by atoms with Crippen LogP contribution in [0.25, 0.3) is 0 Å². The van der Waals surface area contributed by atoms with Crippen LogP contribution in [0.5, 0.6) is 11.5 Å². The van der Waals surface area contributed by atoms with Gasteiger partial charge < -0.3 is 54.4 Å². The molecule has 3 amide bonds. The molecule has 2 heterocycles. The number of carbonyl (C=O) groups excluding carboxylic acids is 2. The predicted octanol–water partition coefficient (Wildman–Crippen LogP) is 9.89. The average Bonchev–Trinajstić information content (AvgIpc) is 3.36. The molecule has 0 saturated carbocycles. The Morgan fingerprint density at radius 1 is 0.667 bits per heavy atom. The maximum absolute atomic E-state index is 14.1. The summed E-state index contributed by atoms with van der Waals surface area (Å²) in [5.41, 5.74) is 4.79. The number of methoxy groups -OCH3 is 2. The van der Waals surface area contributed by atoms with Crippen LogP contribution in [0.2, 0.25) is 0 Å². The summed E-state index contributed by atoms with van der Waals surface area (Å²) in [6.45, 7) is 10.5. The lowest BCUT2D eigenvalue weighted by Crippen LogP contribution is -2.68. The van der Waals surface area contributed by atoms with Crippen LogP contribution in [0.3, 0.4) is 0 Å². The lowest BCUT2D eigenvalue weighted by molar-refractivity contribution is -0.277. The monoisotopic (exact) mass is 951 g/mol. The summed E-state index contributed by atoms with van der Waals surface area (Å²) in [5.74, 6) is 1.32. The van der Waals surface area contributed by atoms with Crippen molar-refractivity contribution in [2.24, 2.45) is 11.8 Å². The van der Waals surface area contributed by atoms with Crippen LogP contribution < -0.4 is 30.7 Å². The molecule has 2 aliphatic heterocycles. The van der Waals surface area contributed by atoms with E-state index in [1.807, 2.05) is 97.9 Å². The molecular weight excluding hydrogens is 873 g/mol. The number of rotatable bonds is 27. The van der Waals surface area contributed by atoms with Crippen LogP contribution in [-0.2, 0) is 48.2 Å². The van der Waals surface area contributed by atoms with Crippen molar-refractivity contribution in [1.29, 1.82) is 0 Å². The number of amides is 3. The summed E-state index contributed by atoms with van der Waals surface area (Å²) < 4.78 is 44.4. The van der Waals surface area contributed by atoms with Crippen LogP contribution >= 0.6 is 0 Å². The van der Waals surface area contributed by atoms with E-state index in [0.29, 0.717) is 38.5 Å². The molecule has 0 spiro atoms. The zero-order valence-corrected chi connectivity index (χ0v) is 41.8. The maximum atomic E-state index is 14.1. The Hall–Kier alpha value is -5.02. The van der Waals surface area contributed by atoms with Crippen LogP contribution in [0.15, 0.2) is 103 Å². The number of urea groups is 1. The molecule has 2 fully saturated rings. The van der Waals surface area contributed by atoms with E-state index in [1.165, 1.54) is 32.1 Å². The van der Waals surface area contributed by atoms with E-state index in [-0.39, 0.29) is 49.1 Å². The summed E-state index contributed by atoms with van der Waals surface area (Å²) in [5, 5.41) is 13.4. The second-order valence-corrected chi connectivity index (χ2v) is 18.7. The molecule has 13 nitrogen and oxygen atoms in total. The number of nitrogens with one attached hydrogen (secondary N) is 4. The van der Waals surface area contributed by atoms with Crippen LogP contribution in [0, 0.1) is 18.8 Å². The molecule has 9 atom stereocenters. The van der Waals surface area contributed by atoms with E-state index in [0.717, 1.165) is 53.0 Å². The highest BCUT2D eigenvalue weighted by Gasteiger charge is 2.49. The van der Waals surface area contributed by atoms with Crippen molar-refractivity contribution in [2.45, 2.75) is 148 Å². The van der Waals surface area contributed by atoms with E-state index in [2.05, 4.69) is 54.2 Å². The van der Waals surface area contributed by atoms with Crippen LogP contribution in [0.1, 0.15) is 101 Å². The van der Waals surface area contributed by atoms with Crippen LogP contribution in [0.4, 0.5) is 10.5 Å². The molecule has 4 unspecified atom stereocenters. The zero-order valence-electron chi connectivity index (χ0n) is 41.8. The summed E-state index contributed by atoms with van der Waals surface area (Å²) >= 11 is 0. The number of aryl methyl sites for hydroxylation is 1. The van der Waals surface area contributed by atoms with Gasteiger partial charge in [0.2, 0.25) is 5.91 Å². The Morgan fingerprint density at radius 3 is 1.91 bits per heavy atom. The zero-order chi connectivity index (χ0) is 48.8. The molecule has 4 aromatic rings. The number of carbonyl (C=O) groups is 2. The third-order valence-corrected chi connectivity index (χ3v) is 13.5. The van der Waals surface area contributed by atoms with Gasteiger partial charge in [0, 0.05) is 18.7 Å². The molecule has 2 aliphatic rings. The standard InChI is InChI=1S/C56H78N4O9/c1-7-8-9-10-11-12-13-17-23-51(61)59-53-50(38-66-35-44-26-30-47(64-6)31-27-44)67-36-48(57-33-42-20-15-14-16-21-42)54(53)69-55-52(60-56(62)58-45-22-18-19-39(2)32-45)41(4)40(3)49(68-55)37-65-34-43-24-28-46(63-5)29-25-43/h14-16,18-22,24-32,40-41,48-50,52-55,57H,7-13,17,23,33-38H2,1-6H3,(H,59,61)(H2,58,60,62)/t40-,41+,48?,49?,50?,52?,53+,54-,55+/m1/s1. The Morgan fingerprint density at radius 2 is 1.29 bits per heavy atom. The molecule has 2 saturated heterocycles. The summed E-state index contributed by atoms with van der Waals surface area (Å²) in [4.78, 5) is 28.0. The molecule has 376 valence electrons. The number of hydrogen-bond donors (Lipinski definition) is 4. The molecule has 4 aromatic carbocycles. The van der Waals surface area contributed by atoms with E-state index in [9.17, 15) is 9.59 Å². The van der Waals surface area contributed by atoms with Gasteiger partial charge in [0.25, 0.3) is 0 Å². The Bertz CT molecular complexity index is 2090. The first-order valence-corrected chi connectivity index (χ1v) is 25.2. The summed E-state index contributed by atoms with van der Waals surface area (Å²) in [7, 11) is 3.29. The number of hydrogen-bond acceptors (Lipinski definition) is 10. The fourth-order valence-electron chi connectivity index (χ4n) is 9.12. The third-order valence-electron chi connectivity index (χ3n) is 13.5. The van der Waals surface area contributed by atoms with Crippen molar-refractivity contribution in [1.82, 2.24) is 16.0 Å². The fraction of sp³-hybridized carbons (Fsp3) is 0.536. The molecule has 0 bridgehead atoms. The lowest BCUT2D eigenvalue weighted by atomic mass is 9.82. The van der Waals surface area contributed by atoms with Crippen molar-refractivity contribution < 1.29 is 42.7 Å². The highest BCUT2D eigenvalue weighted by atomic mass is 16.7. The number of benzene rings is 4. The Labute approximate surface area is 411 Å². The predicted molar refractivity (Wildman–Crippen MR) is 270 cm³/mol. The first-order valence-electron chi connectivity index (χ1n) is 25.2. The van der Waals surface area contributed by atoms with Crippen molar-refractivity contribution in [3.8, 4) is 11.5 Å². The maximum Gasteiger partial charge on any atom is 0.319 e. The molecule has 0 radical (unpaired) electrons. The smallest absolute Gasteiger partial charge is 0.319 e. The van der Waals surface area contributed by atoms with Gasteiger partial charge in [0.05, 0.1) is 71.5 Å². The van der Waals surface area contributed by atoms with E-state index >= 15 is 0 Å². The van der Waals surface area contributed by atoms with Gasteiger partial charge in [-0.3, -0.25) is 4.79 Å². The highest BCUT2D eigenvalue weighted by Crippen LogP contribution is 2.34. The van der Waals surface area contributed by atoms with Gasteiger partial charge in [0.15, 0.2) is 6.29 Å². The normalized spacial score (nSPS) is 23.5. The second kappa shape index (κ2) is 28.6. The Kier molecular flexibility index (Phi) is 22.1. The quantitative estimate of drug-likeness (QED) is 0.0426. The fourth-order valence-corrected chi connectivity index (χ4v) is 9.12. The van der Waals surface area contributed by atoms with Crippen molar-refractivity contribution in [3.05, 3.63) is 125 Å². The minimum atomic E-state index is -0.939. The number of unbranched alkanes of at least 4 members (excludes halogenated alkanes) is 7. The largest absolute Gasteiger partial charge is 0.497 e. The summed E-state index contributed by atoms with van der Waals surface area (Å²) in [6.07, 6.45) is 6.86. The molecular formula is C56H78N4O9. The minimum Gasteiger partial charge on any atom is -0.497 e. The average molecular weight is 951 g/mol. The van der Waals surface area contributed by atoms with Crippen molar-refractivity contribution in [3.63, 3.8) is 0 Å². The van der Waals surface area contributed by atoms with Gasteiger partial charge >= 0.3 is 6.03 Å². The van der Waals surface area contributed by atoms with E-state index in [4.69, 9.17) is 33.2 Å². The highest BCUT2D eigenvalue weighted by molar-refractivity contribution is 5.89. The van der Waals surface area contributed by atoms with Crippen LogP contribution in [-0.4, -0.2) is 88.7 Å². The number of anilines is 1. The SMILES string of the molecule is CCCCCCCCCCC(=O)N[C@H]1C(COCc2ccc(OC)cc2)OCC(NCc2ccccc2)[C@H]1O[C@@H]1OC(COCc2ccc(OC)cc2)[C@H](C)[C@H](C)C1NC(=O)Nc1cccc(C)c1. The Balaban J connectivity index is 1.27. The number of ether oxygens (including phenoxy) is 7. The minimum absolute atomic E-state index is 0.0343. The van der Waals surface area contributed by atoms with Gasteiger partial charge in [-0.15, -0.1) is 0 Å². The van der Waals surface area contributed by atoms with Crippen molar-refractivity contribution in [2.75, 3.05) is 39.4 Å². The molecule has 13 heteroatoms. The van der Waals surface area contributed by atoms with Gasteiger partial charge in [0.1, 0.15) is 23.7 Å². The first-order chi connectivity index (χ1) is 33.6. The summed E-state index contributed by atoms with van der Waals surface area (Å²) in [6, 6.07) is 31.4. The van der Waals surface area contributed by atoms with Gasteiger partial charge in [-0.05, 0) is 83.8 Å². The third kappa shape index (κ3) is 17.1. The lowest BCUT2D eigenvalue weighted by Gasteiger charge is -2.49. The second-order valence-electron chi connectivity index (χ2n) is 18.7. The molecule has 0 aliphatic carbocycles. The molecule has 0 aromatic heterocycles. The van der Waals surface area contributed by atoms with Gasteiger partial charge in [-0.25, -0.2) is 4.79 Å². The topological polar surface area (TPSA) is 147 Å². The molecule has 4 N–H and O–H groups in total. The first kappa shape index (κ1) is 53.3. The van der Waals surface area contributed by atoms with E-state index in [1.54, 1.807) is 14.2 Å². The van der Waals surface area contributed by atoms with Gasteiger partial charge in [-0.2, -0.15) is 0 Å². The van der Waals surface area contributed by atoms with E-state index < -0.39 is 30.6 Å². The van der Waals surface area contributed by atoms with Crippen molar-refractivity contribution >= 4 is 17.6 Å². The molecule has 6 rings (SSSR count).